The topological polar surface area (TPSA) is 64.0 Å². The SMILES string of the molecule is C=CCn1c(SC(C)C(=O)NCC2CCCCC2)nc2sc(C)c(C)c2c1=O. The number of rotatable bonds is 7. The number of thiophene rings is 1. The minimum Gasteiger partial charge on any atom is -0.355 e. The van der Waals surface area contributed by atoms with E-state index < -0.39 is 0 Å². The number of hydrogen-bond acceptors (Lipinski definition) is 5. The molecule has 0 bridgehead atoms. The van der Waals surface area contributed by atoms with E-state index in [0.29, 0.717) is 23.0 Å². The Morgan fingerprint density at radius 2 is 2.11 bits per heavy atom. The highest BCUT2D eigenvalue weighted by molar-refractivity contribution is 8.00. The van der Waals surface area contributed by atoms with Crippen LogP contribution in [0.5, 0.6) is 0 Å². The van der Waals surface area contributed by atoms with Crippen LogP contribution in [0.15, 0.2) is 22.6 Å². The second kappa shape index (κ2) is 9.27. The third-order valence-electron chi connectivity index (χ3n) is 5.51. The van der Waals surface area contributed by atoms with Crippen molar-refractivity contribution >= 4 is 39.2 Å². The van der Waals surface area contributed by atoms with Crippen LogP contribution in [0, 0.1) is 19.8 Å². The van der Waals surface area contributed by atoms with E-state index >= 15 is 0 Å². The second-order valence-electron chi connectivity index (χ2n) is 7.57. The molecule has 28 heavy (non-hydrogen) atoms. The van der Waals surface area contributed by atoms with Crippen LogP contribution in [0.4, 0.5) is 0 Å². The summed E-state index contributed by atoms with van der Waals surface area (Å²) >= 11 is 2.88. The molecule has 2 aromatic rings. The van der Waals surface area contributed by atoms with Crippen LogP contribution >= 0.6 is 23.1 Å². The highest BCUT2D eigenvalue weighted by atomic mass is 32.2. The average Bonchev–Trinajstić information content (AvgIpc) is 2.97. The Morgan fingerprint density at radius 3 is 2.79 bits per heavy atom. The summed E-state index contributed by atoms with van der Waals surface area (Å²) < 4.78 is 1.63. The standard InChI is InChI=1S/C21H29N3O2S2/c1-5-11-24-20(26)17-13(2)14(3)27-19(17)23-21(24)28-15(4)18(25)22-12-16-9-7-6-8-10-16/h5,15-16H,1,6-12H2,2-4H3,(H,22,25). The third kappa shape index (κ3) is 4.51. The zero-order valence-electron chi connectivity index (χ0n) is 16.9. The smallest absolute Gasteiger partial charge is 0.263 e. The number of carbonyl (C=O) groups is 1. The van der Waals surface area contributed by atoms with E-state index in [1.165, 1.54) is 55.2 Å². The largest absolute Gasteiger partial charge is 0.355 e. The lowest BCUT2D eigenvalue weighted by Crippen LogP contribution is -2.35. The van der Waals surface area contributed by atoms with Gasteiger partial charge in [0.1, 0.15) is 4.83 Å². The Hall–Kier alpha value is -1.60. The summed E-state index contributed by atoms with van der Waals surface area (Å²) in [5.41, 5.74) is 0.939. The molecule has 1 N–H and O–H groups in total. The van der Waals surface area contributed by atoms with Crippen LogP contribution in [-0.4, -0.2) is 27.3 Å². The van der Waals surface area contributed by atoms with E-state index in [1.54, 1.807) is 10.6 Å². The van der Waals surface area contributed by atoms with E-state index in [9.17, 15) is 9.59 Å². The van der Waals surface area contributed by atoms with Crippen LogP contribution in [0.3, 0.4) is 0 Å². The van der Waals surface area contributed by atoms with Gasteiger partial charge in [-0.3, -0.25) is 14.2 Å². The number of amides is 1. The molecule has 1 saturated carbocycles. The number of thioether (sulfide) groups is 1. The fraction of sp³-hybridized carbons (Fsp3) is 0.571. The van der Waals surface area contributed by atoms with Gasteiger partial charge in [0, 0.05) is 18.0 Å². The number of hydrogen-bond donors (Lipinski definition) is 1. The Kier molecular flexibility index (Phi) is 6.99. The van der Waals surface area contributed by atoms with Crippen LogP contribution in [0.1, 0.15) is 49.5 Å². The predicted molar refractivity (Wildman–Crippen MR) is 118 cm³/mol. The minimum absolute atomic E-state index is 0.00798. The van der Waals surface area contributed by atoms with Gasteiger partial charge in [-0.05, 0) is 45.1 Å². The normalized spacial score (nSPS) is 16.2. The summed E-state index contributed by atoms with van der Waals surface area (Å²) in [6.07, 6.45) is 7.95. The van der Waals surface area contributed by atoms with E-state index in [1.807, 2.05) is 20.8 Å². The van der Waals surface area contributed by atoms with Gasteiger partial charge in [0.05, 0.1) is 10.6 Å². The molecular formula is C21H29N3O2S2. The van der Waals surface area contributed by atoms with Crippen molar-refractivity contribution in [3.63, 3.8) is 0 Å². The molecule has 1 aliphatic carbocycles. The van der Waals surface area contributed by atoms with Crippen molar-refractivity contribution in [1.82, 2.24) is 14.9 Å². The van der Waals surface area contributed by atoms with E-state index in [2.05, 4.69) is 11.9 Å². The van der Waals surface area contributed by atoms with Crippen molar-refractivity contribution in [3.05, 3.63) is 33.4 Å². The highest BCUT2D eigenvalue weighted by Crippen LogP contribution is 2.30. The third-order valence-corrected chi connectivity index (χ3v) is 7.70. The zero-order valence-corrected chi connectivity index (χ0v) is 18.5. The quantitative estimate of drug-likeness (QED) is 0.409. The summed E-state index contributed by atoms with van der Waals surface area (Å²) in [5.74, 6) is 0.606. The van der Waals surface area contributed by atoms with Crippen LogP contribution in [0.2, 0.25) is 0 Å². The zero-order chi connectivity index (χ0) is 20.3. The number of fused-ring (bicyclic) bond motifs is 1. The molecule has 152 valence electrons. The van der Waals surface area contributed by atoms with Gasteiger partial charge >= 0.3 is 0 Å². The maximum atomic E-state index is 13.0. The molecule has 7 heteroatoms. The Balaban J connectivity index is 1.78. The van der Waals surface area contributed by atoms with E-state index in [0.717, 1.165) is 21.8 Å². The first-order valence-electron chi connectivity index (χ1n) is 9.98. The van der Waals surface area contributed by atoms with Gasteiger partial charge in [-0.15, -0.1) is 17.9 Å². The molecular weight excluding hydrogens is 390 g/mol. The Bertz CT molecular complexity index is 926. The molecule has 1 aliphatic rings. The number of allylic oxidation sites excluding steroid dienone is 1. The molecule has 2 aromatic heterocycles. The van der Waals surface area contributed by atoms with Gasteiger partial charge in [-0.2, -0.15) is 0 Å². The maximum Gasteiger partial charge on any atom is 0.263 e. The van der Waals surface area contributed by atoms with Crippen molar-refractivity contribution in [2.24, 2.45) is 5.92 Å². The van der Waals surface area contributed by atoms with Crippen molar-refractivity contribution in [1.29, 1.82) is 0 Å². The number of nitrogens with zero attached hydrogens (tertiary/aromatic N) is 2. The Morgan fingerprint density at radius 1 is 1.39 bits per heavy atom. The first-order valence-corrected chi connectivity index (χ1v) is 11.7. The van der Waals surface area contributed by atoms with E-state index in [4.69, 9.17) is 4.98 Å². The lowest BCUT2D eigenvalue weighted by molar-refractivity contribution is -0.120. The summed E-state index contributed by atoms with van der Waals surface area (Å²) in [4.78, 5) is 32.2. The van der Waals surface area contributed by atoms with Gasteiger partial charge in [-0.25, -0.2) is 4.98 Å². The first-order chi connectivity index (χ1) is 13.4. The Labute approximate surface area is 174 Å². The predicted octanol–water partition coefficient (Wildman–Crippen LogP) is 4.44. The molecule has 1 unspecified atom stereocenters. The summed E-state index contributed by atoms with van der Waals surface area (Å²) in [6.45, 7) is 10.7. The number of carbonyl (C=O) groups excluding carboxylic acids is 1. The number of aromatic nitrogens is 2. The van der Waals surface area contributed by atoms with Crippen molar-refractivity contribution < 1.29 is 4.79 Å². The van der Waals surface area contributed by atoms with Gasteiger partial charge in [0.15, 0.2) is 5.16 Å². The maximum absolute atomic E-state index is 13.0. The average molecular weight is 420 g/mol. The molecule has 0 aromatic carbocycles. The molecule has 3 rings (SSSR count). The van der Waals surface area contributed by atoms with Crippen LogP contribution in [0.25, 0.3) is 10.2 Å². The highest BCUT2D eigenvalue weighted by Gasteiger charge is 2.22. The molecule has 0 aliphatic heterocycles. The molecule has 1 amide bonds. The molecule has 0 saturated heterocycles. The van der Waals surface area contributed by atoms with Gasteiger partial charge in [-0.1, -0.05) is 37.1 Å². The van der Waals surface area contributed by atoms with Gasteiger partial charge in [0.2, 0.25) is 5.91 Å². The lowest BCUT2D eigenvalue weighted by atomic mass is 9.89. The molecule has 1 fully saturated rings. The van der Waals surface area contributed by atoms with Crippen molar-refractivity contribution in [2.75, 3.05) is 6.54 Å². The molecule has 5 nitrogen and oxygen atoms in total. The molecule has 0 radical (unpaired) electrons. The summed E-state index contributed by atoms with van der Waals surface area (Å²) in [7, 11) is 0. The van der Waals surface area contributed by atoms with Crippen LogP contribution < -0.4 is 10.9 Å². The molecule has 1 atom stereocenters. The van der Waals surface area contributed by atoms with Crippen LogP contribution in [-0.2, 0) is 11.3 Å². The summed E-state index contributed by atoms with van der Waals surface area (Å²) in [5, 5.41) is 4.05. The number of aryl methyl sites for hydroxylation is 2. The second-order valence-corrected chi connectivity index (χ2v) is 10.1. The van der Waals surface area contributed by atoms with E-state index in [-0.39, 0.29) is 16.7 Å². The van der Waals surface area contributed by atoms with Gasteiger partial charge in [0.25, 0.3) is 5.56 Å². The van der Waals surface area contributed by atoms with Gasteiger partial charge < -0.3 is 5.32 Å². The molecule has 2 heterocycles. The minimum atomic E-state index is -0.314. The van der Waals surface area contributed by atoms with Crippen molar-refractivity contribution in [3.8, 4) is 0 Å². The summed E-state index contributed by atoms with van der Waals surface area (Å²) in [6, 6.07) is 0. The number of nitrogens with one attached hydrogen (secondary N) is 1. The fourth-order valence-electron chi connectivity index (χ4n) is 3.68. The fourth-order valence-corrected chi connectivity index (χ4v) is 5.69. The van der Waals surface area contributed by atoms with Crippen molar-refractivity contribution in [2.45, 2.75) is 69.8 Å². The molecule has 0 spiro atoms. The first kappa shape index (κ1) is 21.1. The monoisotopic (exact) mass is 419 g/mol. The lowest BCUT2D eigenvalue weighted by Gasteiger charge is -2.22.